The lowest BCUT2D eigenvalue weighted by Crippen LogP contribution is -2.13. The monoisotopic (exact) mass is 196 g/mol. The summed E-state index contributed by atoms with van der Waals surface area (Å²) in [7, 11) is 0. The minimum Gasteiger partial charge on any atom is -0.396 e. The maximum Gasteiger partial charge on any atom is 0.221 e. The highest BCUT2D eigenvalue weighted by molar-refractivity contribution is 5.37. The van der Waals surface area contributed by atoms with Gasteiger partial charge in [-0.3, -0.25) is 0 Å². The first kappa shape index (κ1) is 10.7. The largest absolute Gasteiger partial charge is 0.396 e. The van der Waals surface area contributed by atoms with Crippen molar-refractivity contribution in [3.05, 3.63) is 12.3 Å². The van der Waals surface area contributed by atoms with E-state index >= 15 is 0 Å². The van der Waals surface area contributed by atoms with Crippen molar-refractivity contribution in [2.24, 2.45) is 5.92 Å². The molecule has 0 saturated carbocycles. The second kappa shape index (κ2) is 5.39. The van der Waals surface area contributed by atoms with Gasteiger partial charge in [0.2, 0.25) is 5.95 Å². The Morgan fingerprint density at radius 3 is 3.07 bits per heavy atom. The number of anilines is 2. The number of nitrogens with zero attached hydrogens (tertiary/aromatic N) is 2. The van der Waals surface area contributed by atoms with E-state index in [0.29, 0.717) is 5.92 Å². The van der Waals surface area contributed by atoms with Gasteiger partial charge in [-0.1, -0.05) is 6.92 Å². The molecule has 0 spiro atoms. The fraction of sp³-hybridized carbons (Fsp3) is 0.556. The van der Waals surface area contributed by atoms with Crippen molar-refractivity contribution < 1.29 is 5.11 Å². The molecular formula is C9H16N4O. The number of rotatable bonds is 5. The van der Waals surface area contributed by atoms with Gasteiger partial charge in [0.15, 0.2) is 0 Å². The number of aliphatic hydroxyl groups excluding tert-OH is 1. The third kappa shape index (κ3) is 3.57. The Hall–Kier alpha value is -1.36. The van der Waals surface area contributed by atoms with Crippen LogP contribution in [0.4, 0.5) is 11.8 Å². The highest BCUT2D eigenvalue weighted by Crippen LogP contribution is 2.06. The summed E-state index contributed by atoms with van der Waals surface area (Å²) in [6.45, 7) is 3.06. The third-order valence-corrected chi connectivity index (χ3v) is 1.93. The topological polar surface area (TPSA) is 84.1 Å². The molecule has 1 aromatic rings. The molecule has 0 bridgehead atoms. The summed E-state index contributed by atoms with van der Waals surface area (Å²) < 4.78 is 0. The average Bonchev–Trinajstić information content (AvgIpc) is 2.15. The molecule has 1 aromatic heterocycles. The lowest BCUT2D eigenvalue weighted by Gasteiger charge is -2.11. The first-order chi connectivity index (χ1) is 6.72. The van der Waals surface area contributed by atoms with Crippen LogP contribution in [0.15, 0.2) is 12.3 Å². The first-order valence-corrected chi connectivity index (χ1v) is 4.65. The van der Waals surface area contributed by atoms with Crippen LogP contribution >= 0.6 is 0 Å². The number of nitrogens with two attached hydrogens (primary N) is 1. The van der Waals surface area contributed by atoms with Crippen LogP contribution in [0.25, 0.3) is 0 Å². The second-order valence-corrected chi connectivity index (χ2v) is 3.30. The van der Waals surface area contributed by atoms with Gasteiger partial charge in [0, 0.05) is 19.3 Å². The second-order valence-electron chi connectivity index (χ2n) is 3.30. The van der Waals surface area contributed by atoms with E-state index in [1.807, 2.05) is 0 Å². The van der Waals surface area contributed by atoms with Crippen molar-refractivity contribution in [2.75, 3.05) is 24.2 Å². The molecule has 1 unspecified atom stereocenters. The molecule has 0 fully saturated rings. The standard InChI is InChI=1S/C9H16N4O/c1-7(3-5-14)6-12-8-2-4-11-9(10)13-8/h2,4,7,14H,3,5-6H2,1H3,(H3,10,11,12,13). The summed E-state index contributed by atoms with van der Waals surface area (Å²) in [5, 5.41) is 11.8. The van der Waals surface area contributed by atoms with Gasteiger partial charge in [-0.25, -0.2) is 4.98 Å². The fourth-order valence-electron chi connectivity index (χ4n) is 1.07. The van der Waals surface area contributed by atoms with Crippen molar-refractivity contribution in [2.45, 2.75) is 13.3 Å². The van der Waals surface area contributed by atoms with Crippen LogP contribution in [-0.2, 0) is 0 Å². The van der Waals surface area contributed by atoms with Gasteiger partial charge in [0.25, 0.3) is 0 Å². The molecular weight excluding hydrogens is 180 g/mol. The fourth-order valence-corrected chi connectivity index (χ4v) is 1.07. The smallest absolute Gasteiger partial charge is 0.221 e. The molecule has 1 rings (SSSR count). The summed E-state index contributed by atoms with van der Waals surface area (Å²) in [4.78, 5) is 7.79. The number of nitrogens with one attached hydrogen (secondary N) is 1. The summed E-state index contributed by atoms with van der Waals surface area (Å²) in [5.41, 5.74) is 5.42. The summed E-state index contributed by atoms with van der Waals surface area (Å²) in [5.74, 6) is 1.41. The average molecular weight is 196 g/mol. The van der Waals surface area contributed by atoms with Crippen molar-refractivity contribution in [3.63, 3.8) is 0 Å². The Bertz CT molecular complexity index is 279. The van der Waals surface area contributed by atoms with Crippen LogP contribution in [-0.4, -0.2) is 28.2 Å². The zero-order valence-corrected chi connectivity index (χ0v) is 8.27. The summed E-state index contributed by atoms with van der Waals surface area (Å²) >= 11 is 0. The Balaban J connectivity index is 2.37. The van der Waals surface area contributed by atoms with E-state index in [9.17, 15) is 0 Å². The van der Waals surface area contributed by atoms with Crippen LogP contribution in [0.5, 0.6) is 0 Å². The van der Waals surface area contributed by atoms with Crippen molar-refractivity contribution in [1.82, 2.24) is 9.97 Å². The lowest BCUT2D eigenvalue weighted by molar-refractivity contribution is 0.266. The van der Waals surface area contributed by atoms with Gasteiger partial charge in [-0.2, -0.15) is 4.98 Å². The molecule has 5 nitrogen and oxygen atoms in total. The molecule has 78 valence electrons. The molecule has 4 N–H and O–H groups in total. The number of nitrogen functional groups attached to an aromatic ring is 1. The van der Waals surface area contributed by atoms with Crippen molar-refractivity contribution in [1.29, 1.82) is 0 Å². The molecule has 0 amide bonds. The zero-order chi connectivity index (χ0) is 10.4. The van der Waals surface area contributed by atoms with Crippen LogP contribution < -0.4 is 11.1 Å². The minimum atomic E-state index is 0.217. The van der Waals surface area contributed by atoms with Crippen molar-refractivity contribution >= 4 is 11.8 Å². The van der Waals surface area contributed by atoms with E-state index in [4.69, 9.17) is 10.8 Å². The Labute approximate surface area is 83.4 Å². The van der Waals surface area contributed by atoms with E-state index in [1.54, 1.807) is 12.3 Å². The normalized spacial score (nSPS) is 12.4. The summed E-state index contributed by atoms with van der Waals surface area (Å²) in [6, 6.07) is 1.77. The highest BCUT2D eigenvalue weighted by Gasteiger charge is 2.01. The van der Waals surface area contributed by atoms with Gasteiger partial charge < -0.3 is 16.2 Å². The molecule has 1 heterocycles. The first-order valence-electron chi connectivity index (χ1n) is 4.65. The van der Waals surface area contributed by atoms with E-state index in [1.165, 1.54) is 0 Å². The molecule has 0 aliphatic heterocycles. The maximum atomic E-state index is 8.70. The van der Waals surface area contributed by atoms with Gasteiger partial charge >= 0.3 is 0 Å². The molecule has 0 aromatic carbocycles. The van der Waals surface area contributed by atoms with Crippen LogP contribution in [0, 0.1) is 5.92 Å². The van der Waals surface area contributed by atoms with Gasteiger partial charge in [-0.15, -0.1) is 0 Å². The number of hydrogen-bond donors (Lipinski definition) is 3. The Kier molecular flexibility index (Phi) is 4.12. The van der Waals surface area contributed by atoms with Crippen LogP contribution in [0.2, 0.25) is 0 Å². The van der Waals surface area contributed by atoms with Gasteiger partial charge in [-0.05, 0) is 18.4 Å². The number of aliphatic hydroxyl groups is 1. The summed E-state index contributed by atoms with van der Waals surface area (Å²) in [6.07, 6.45) is 2.40. The molecule has 0 aliphatic rings. The maximum absolute atomic E-state index is 8.70. The predicted molar refractivity (Wildman–Crippen MR) is 55.8 cm³/mol. The van der Waals surface area contributed by atoms with E-state index in [-0.39, 0.29) is 12.6 Å². The molecule has 0 aliphatic carbocycles. The molecule has 5 heteroatoms. The third-order valence-electron chi connectivity index (χ3n) is 1.93. The SMILES string of the molecule is CC(CCO)CNc1ccnc(N)n1. The number of aromatic nitrogens is 2. The van der Waals surface area contributed by atoms with E-state index in [2.05, 4.69) is 22.2 Å². The molecule has 1 atom stereocenters. The molecule has 0 saturated heterocycles. The van der Waals surface area contributed by atoms with Gasteiger partial charge in [0.05, 0.1) is 0 Å². The molecule has 14 heavy (non-hydrogen) atoms. The molecule has 0 radical (unpaired) electrons. The quantitative estimate of drug-likeness (QED) is 0.638. The van der Waals surface area contributed by atoms with Crippen molar-refractivity contribution in [3.8, 4) is 0 Å². The van der Waals surface area contributed by atoms with E-state index < -0.39 is 0 Å². The highest BCUT2D eigenvalue weighted by atomic mass is 16.3. The predicted octanol–water partition coefficient (Wildman–Crippen LogP) is 0.489. The van der Waals surface area contributed by atoms with Gasteiger partial charge in [0.1, 0.15) is 5.82 Å². The Morgan fingerprint density at radius 2 is 2.43 bits per heavy atom. The Morgan fingerprint density at radius 1 is 1.64 bits per heavy atom. The van der Waals surface area contributed by atoms with Crippen LogP contribution in [0.1, 0.15) is 13.3 Å². The minimum absolute atomic E-state index is 0.217. The van der Waals surface area contributed by atoms with E-state index in [0.717, 1.165) is 18.8 Å². The lowest BCUT2D eigenvalue weighted by atomic mass is 10.1. The number of hydrogen-bond acceptors (Lipinski definition) is 5. The van der Waals surface area contributed by atoms with Crippen LogP contribution in [0.3, 0.4) is 0 Å². The zero-order valence-electron chi connectivity index (χ0n) is 8.27.